The average Bonchev–Trinajstić information content (AvgIpc) is 3.04. The number of hydrogen-bond acceptors (Lipinski definition) is 3. The van der Waals surface area contributed by atoms with Crippen molar-refractivity contribution in [1.29, 1.82) is 0 Å². The smallest absolute Gasteiger partial charge is 0.269 e. The van der Waals surface area contributed by atoms with Gasteiger partial charge in [-0.3, -0.25) is 10.1 Å². The van der Waals surface area contributed by atoms with Crippen LogP contribution in [-0.4, -0.2) is 4.92 Å². The van der Waals surface area contributed by atoms with Crippen molar-refractivity contribution in [2.24, 2.45) is 0 Å². The molecule has 0 spiro atoms. The highest BCUT2D eigenvalue weighted by molar-refractivity contribution is 9.15. The minimum Gasteiger partial charge on any atom is -0.311 e. The molecule has 0 heterocycles. The van der Waals surface area contributed by atoms with Crippen molar-refractivity contribution >= 4 is 127 Å². The van der Waals surface area contributed by atoms with E-state index in [1.807, 2.05) is 30.4 Å². The molecule has 0 radical (unpaired) electrons. The van der Waals surface area contributed by atoms with E-state index in [2.05, 4.69) is 157 Å². The van der Waals surface area contributed by atoms with Crippen LogP contribution in [0.5, 0.6) is 0 Å². The van der Waals surface area contributed by atoms with Crippen LogP contribution in [0.15, 0.2) is 125 Å². The maximum absolute atomic E-state index is 10.9. The molecule has 5 aromatic rings. The van der Waals surface area contributed by atoms with Gasteiger partial charge in [0, 0.05) is 57.1 Å². The van der Waals surface area contributed by atoms with E-state index >= 15 is 0 Å². The first kappa shape index (κ1) is 31.6. The second kappa shape index (κ2) is 14.3. The topological polar surface area (TPSA) is 46.4 Å². The fraction of sp³-hybridized carbons (Fsp3) is 0. The zero-order chi connectivity index (χ0) is 30.5. The van der Waals surface area contributed by atoms with Crippen molar-refractivity contribution in [3.05, 3.63) is 158 Å². The number of halogens is 5. The van der Waals surface area contributed by atoms with Crippen molar-refractivity contribution in [3.8, 4) is 0 Å². The lowest BCUT2D eigenvalue weighted by molar-refractivity contribution is -0.384. The summed E-state index contributed by atoms with van der Waals surface area (Å²) in [5.74, 6) is 0. The SMILES string of the molecule is O=[N+]([O-])c1ccc(/C=C/c2ccc(N(c3ccccc3)c3ccc(/C=C/c4c(Br)c(Br)c(Br)c(Br)c4Br)cc3)cc2)cc1. The molecule has 0 saturated heterocycles. The number of anilines is 3. The molecule has 0 amide bonds. The molecule has 0 N–H and O–H groups in total. The fourth-order valence-corrected chi connectivity index (χ4v) is 7.68. The van der Waals surface area contributed by atoms with E-state index in [1.54, 1.807) is 12.1 Å². The standard InChI is InChI=1S/C34H21Br5N2O2/c35-30-29(31(36)33(38)34(39)32(30)37)21-14-24-10-17-27(18-11-24)40(25-4-2-1-3-5-25)26-15-8-22(9-16-26)6-7-23-12-19-28(20-13-23)41(42)43/h1-21H/b7-6+,21-14+. The van der Waals surface area contributed by atoms with Gasteiger partial charge >= 0.3 is 0 Å². The summed E-state index contributed by atoms with van der Waals surface area (Å²) in [4.78, 5) is 12.7. The van der Waals surface area contributed by atoms with Crippen LogP contribution < -0.4 is 4.90 Å². The minimum absolute atomic E-state index is 0.0822. The van der Waals surface area contributed by atoms with Crippen LogP contribution in [0.25, 0.3) is 24.3 Å². The van der Waals surface area contributed by atoms with Crippen LogP contribution in [0.4, 0.5) is 22.7 Å². The normalized spacial score (nSPS) is 11.4. The molecule has 0 fully saturated rings. The van der Waals surface area contributed by atoms with Crippen molar-refractivity contribution in [1.82, 2.24) is 0 Å². The van der Waals surface area contributed by atoms with Gasteiger partial charge in [0.15, 0.2) is 0 Å². The van der Waals surface area contributed by atoms with E-state index < -0.39 is 4.92 Å². The van der Waals surface area contributed by atoms with Gasteiger partial charge in [-0.15, -0.1) is 0 Å². The lowest BCUT2D eigenvalue weighted by Crippen LogP contribution is -2.09. The molecule has 5 aromatic carbocycles. The molecule has 4 nitrogen and oxygen atoms in total. The summed E-state index contributed by atoms with van der Waals surface area (Å²) in [5.41, 5.74) is 7.20. The monoisotopic (exact) mass is 884 g/mol. The number of nitro groups is 1. The Hall–Kier alpha value is -2.82. The molecule has 9 heteroatoms. The number of para-hydroxylation sites is 1. The van der Waals surface area contributed by atoms with Gasteiger partial charge < -0.3 is 4.90 Å². The van der Waals surface area contributed by atoms with E-state index in [4.69, 9.17) is 0 Å². The molecule has 0 aliphatic heterocycles. The average molecular weight is 889 g/mol. The van der Waals surface area contributed by atoms with E-state index in [9.17, 15) is 10.1 Å². The fourth-order valence-electron chi connectivity index (χ4n) is 4.34. The van der Waals surface area contributed by atoms with Crippen LogP contribution in [0.3, 0.4) is 0 Å². The Morgan fingerprint density at radius 3 is 1.30 bits per heavy atom. The summed E-state index contributed by atoms with van der Waals surface area (Å²) in [7, 11) is 0. The Morgan fingerprint density at radius 1 is 0.488 bits per heavy atom. The summed E-state index contributed by atoms with van der Waals surface area (Å²) < 4.78 is 4.70. The van der Waals surface area contributed by atoms with Crippen molar-refractivity contribution < 1.29 is 4.92 Å². The lowest BCUT2D eigenvalue weighted by Gasteiger charge is -2.25. The largest absolute Gasteiger partial charge is 0.311 e. The van der Waals surface area contributed by atoms with Gasteiger partial charge in [-0.2, -0.15) is 0 Å². The number of nitrogens with zero attached hydrogens (tertiary/aromatic N) is 2. The van der Waals surface area contributed by atoms with Gasteiger partial charge in [-0.1, -0.05) is 66.8 Å². The molecular weight excluding hydrogens is 868 g/mol. The zero-order valence-corrected chi connectivity index (χ0v) is 30.2. The molecule has 0 saturated carbocycles. The molecule has 0 bridgehead atoms. The highest BCUT2D eigenvalue weighted by Crippen LogP contribution is 2.45. The third kappa shape index (κ3) is 7.46. The molecule has 214 valence electrons. The third-order valence-corrected chi connectivity index (χ3v) is 12.7. The Labute approximate surface area is 291 Å². The minimum atomic E-state index is -0.393. The molecular formula is C34H21Br5N2O2. The Balaban J connectivity index is 1.40. The lowest BCUT2D eigenvalue weighted by atomic mass is 10.1. The van der Waals surface area contributed by atoms with Gasteiger partial charge in [0.25, 0.3) is 5.69 Å². The van der Waals surface area contributed by atoms with Crippen LogP contribution in [-0.2, 0) is 0 Å². The maximum Gasteiger partial charge on any atom is 0.269 e. The molecule has 0 aromatic heterocycles. The van der Waals surface area contributed by atoms with Gasteiger partial charge in [0.2, 0.25) is 0 Å². The first-order valence-corrected chi connectivity index (χ1v) is 16.9. The molecule has 0 aliphatic rings. The van der Waals surface area contributed by atoms with Crippen molar-refractivity contribution in [3.63, 3.8) is 0 Å². The van der Waals surface area contributed by atoms with E-state index in [0.29, 0.717) is 0 Å². The first-order chi connectivity index (χ1) is 20.7. The summed E-state index contributed by atoms with van der Waals surface area (Å²) in [6.45, 7) is 0. The second-order valence-corrected chi connectivity index (χ2v) is 13.3. The van der Waals surface area contributed by atoms with Crippen molar-refractivity contribution in [2.75, 3.05) is 4.90 Å². The molecule has 0 unspecified atom stereocenters. The third-order valence-electron chi connectivity index (χ3n) is 6.58. The summed E-state index contributed by atoms with van der Waals surface area (Å²) in [5, 5.41) is 10.9. The number of hydrogen-bond donors (Lipinski definition) is 0. The second-order valence-electron chi connectivity index (χ2n) is 9.35. The van der Waals surface area contributed by atoms with Gasteiger partial charge in [0.1, 0.15) is 0 Å². The number of nitro benzene ring substituents is 1. The predicted octanol–water partition coefficient (Wildman–Crippen LogP) is 13.2. The quantitative estimate of drug-likeness (QED) is 0.0513. The van der Waals surface area contributed by atoms with Gasteiger partial charge in [-0.25, -0.2) is 0 Å². The maximum atomic E-state index is 10.9. The van der Waals surface area contributed by atoms with E-state index in [1.165, 1.54) is 12.1 Å². The Kier molecular flexibility index (Phi) is 10.5. The number of rotatable bonds is 8. The molecule has 0 aliphatic carbocycles. The Morgan fingerprint density at radius 2 is 0.860 bits per heavy atom. The zero-order valence-electron chi connectivity index (χ0n) is 22.2. The van der Waals surface area contributed by atoms with Crippen molar-refractivity contribution in [2.45, 2.75) is 0 Å². The summed E-state index contributed by atoms with van der Waals surface area (Å²) in [6.07, 6.45) is 8.10. The molecule has 0 atom stereocenters. The molecule has 5 rings (SSSR count). The Bertz CT molecular complexity index is 1790. The summed E-state index contributed by atoms with van der Waals surface area (Å²) in [6, 6.07) is 33.5. The van der Waals surface area contributed by atoms with E-state index in [-0.39, 0.29) is 5.69 Å². The predicted molar refractivity (Wildman–Crippen MR) is 197 cm³/mol. The van der Waals surface area contributed by atoms with Crippen LogP contribution in [0, 0.1) is 10.1 Å². The highest BCUT2D eigenvalue weighted by Gasteiger charge is 2.16. The van der Waals surface area contributed by atoms with E-state index in [0.717, 1.165) is 61.7 Å². The van der Waals surface area contributed by atoms with Crippen LogP contribution in [0.1, 0.15) is 22.3 Å². The number of non-ortho nitro benzene ring substituents is 1. The van der Waals surface area contributed by atoms with Crippen LogP contribution in [0.2, 0.25) is 0 Å². The highest BCUT2D eigenvalue weighted by atomic mass is 79.9. The van der Waals surface area contributed by atoms with Gasteiger partial charge in [0.05, 0.1) is 4.92 Å². The molecule has 43 heavy (non-hydrogen) atoms. The van der Waals surface area contributed by atoms with Gasteiger partial charge in [-0.05, 0) is 145 Å². The summed E-state index contributed by atoms with van der Waals surface area (Å²) >= 11 is 18.2. The van der Waals surface area contributed by atoms with Crippen LogP contribution >= 0.6 is 79.6 Å². The first-order valence-electron chi connectivity index (χ1n) is 12.9. The number of benzene rings is 5.